The van der Waals surface area contributed by atoms with Gasteiger partial charge in [-0.1, -0.05) is 30.0 Å². The maximum atomic E-state index is 13.7. The second-order valence-electron chi connectivity index (χ2n) is 5.97. The van der Waals surface area contributed by atoms with Crippen molar-refractivity contribution in [2.45, 2.75) is 5.16 Å². The zero-order chi connectivity index (χ0) is 20.4. The van der Waals surface area contributed by atoms with Gasteiger partial charge in [-0.2, -0.15) is 0 Å². The van der Waals surface area contributed by atoms with Gasteiger partial charge in [0.1, 0.15) is 16.3 Å². The first-order valence-corrected chi connectivity index (χ1v) is 10.3. The maximum Gasteiger partial charge on any atom is 0.276 e. The van der Waals surface area contributed by atoms with E-state index in [1.54, 1.807) is 35.7 Å². The number of thiophene rings is 1. The van der Waals surface area contributed by atoms with E-state index in [-0.39, 0.29) is 17.0 Å². The van der Waals surface area contributed by atoms with Gasteiger partial charge in [-0.3, -0.25) is 14.2 Å². The molecule has 0 radical (unpaired) electrons. The normalized spacial score (nSPS) is 11.0. The van der Waals surface area contributed by atoms with Crippen LogP contribution in [0.15, 0.2) is 69.9 Å². The van der Waals surface area contributed by atoms with Crippen molar-refractivity contribution in [3.8, 4) is 5.69 Å². The van der Waals surface area contributed by atoms with Crippen molar-refractivity contribution in [2.24, 2.45) is 0 Å². The van der Waals surface area contributed by atoms with Crippen LogP contribution in [0.3, 0.4) is 0 Å². The van der Waals surface area contributed by atoms with Gasteiger partial charge in [-0.05, 0) is 35.7 Å². The number of carbonyl (C=O) groups excluding carboxylic acids is 1. The Morgan fingerprint density at radius 1 is 1.14 bits per heavy atom. The summed E-state index contributed by atoms with van der Waals surface area (Å²) in [4.78, 5) is 29.7. The molecule has 29 heavy (non-hydrogen) atoms. The van der Waals surface area contributed by atoms with Crippen LogP contribution in [0, 0.1) is 11.6 Å². The fourth-order valence-electron chi connectivity index (χ4n) is 2.70. The van der Waals surface area contributed by atoms with Gasteiger partial charge in [0.2, 0.25) is 5.91 Å². The first-order chi connectivity index (χ1) is 14.0. The number of halogens is 2. The molecule has 0 aliphatic rings. The van der Waals surface area contributed by atoms with E-state index in [2.05, 4.69) is 10.3 Å². The van der Waals surface area contributed by atoms with Crippen LogP contribution in [0.25, 0.3) is 15.9 Å². The van der Waals surface area contributed by atoms with Gasteiger partial charge in [0, 0.05) is 6.07 Å². The summed E-state index contributed by atoms with van der Waals surface area (Å²) in [5.74, 6) is -2.19. The van der Waals surface area contributed by atoms with E-state index >= 15 is 0 Å². The Labute approximate surface area is 172 Å². The standard InChI is InChI=1S/C20H13F2N3O2S2/c21-12-6-7-15(14(22)10-12)23-17(26)11-29-20-24-16-8-9-28-18(16)19(27)25(20)13-4-2-1-3-5-13/h1-10H,11H2,(H,23,26). The van der Waals surface area contributed by atoms with E-state index in [0.29, 0.717) is 27.1 Å². The summed E-state index contributed by atoms with van der Waals surface area (Å²) in [5.41, 5.74) is 0.856. The Bertz CT molecular complexity index is 1260. The highest BCUT2D eigenvalue weighted by molar-refractivity contribution is 7.99. The van der Waals surface area contributed by atoms with E-state index in [0.717, 1.165) is 23.9 Å². The minimum Gasteiger partial charge on any atom is -0.323 e. The van der Waals surface area contributed by atoms with Gasteiger partial charge >= 0.3 is 0 Å². The van der Waals surface area contributed by atoms with Crippen LogP contribution in [-0.2, 0) is 4.79 Å². The summed E-state index contributed by atoms with van der Waals surface area (Å²) in [6, 6.07) is 13.7. The molecule has 4 rings (SSSR count). The van der Waals surface area contributed by atoms with Crippen molar-refractivity contribution in [1.29, 1.82) is 0 Å². The molecule has 2 aromatic carbocycles. The molecule has 2 aromatic heterocycles. The largest absolute Gasteiger partial charge is 0.323 e. The monoisotopic (exact) mass is 429 g/mol. The number of rotatable bonds is 5. The van der Waals surface area contributed by atoms with E-state index in [1.807, 2.05) is 6.07 Å². The molecule has 0 fully saturated rings. The second-order valence-corrected chi connectivity index (χ2v) is 7.83. The number of nitrogens with one attached hydrogen (secondary N) is 1. The molecule has 0 bridgehead atoms. The Morgan fingerprint density at radius 2 is 1.93 bits per heavy atom. The van der Waals surface area contributed by atoms with Gasteiger partial charge in [-0.15, -0.1) is 11.3 Å². The molecule has 4 aromatic rings. The summed E-state index contributed by atoms with van der Waals surface area (Å²) in [7, 11) is 0. The van der Waals surface area contributed by atoms with Crippen LogP contribution in [0.4, 0.5) is 14.5 Å². The fourth-order valence-corrected chi connectivity index (χ4v) is 4.27. The summed E-state index contributed by atoms with van der Waals surface area (Å²) in [6.07, 6.45) is 0. The number of benzene rings is 2. The number of nitrogens with zero attached hydrogens (tertiary/aromatic N) is 2. The Morgan fingerprint density at radius 3 is 2.69 bits per heavy atom. The number of aromatic nitrogens is 2. The maximum absolute atomic E-state index is 13.7. The quantitative estimate of drug-likeness (QED) is 0.376. The van der Waals surface area contributed by atoms with Gasteiger partial charge in [-0.25, -0.2) is 13.8 Å². The molecule has 1 amide bonds. The van der Waals surface area contributed by atoms with Gasteiger partial charge in [0.25, 0.3) is 5.56 Å². The number of carbonyl (C=O) groups is 1. The van der Waals surface area contributed by atoms with Crippen molar-refractivity contribution >= 4 is 44.9 Å². The van der Waals surface area contributed by atoms with Crippen LogP contribution < -0.4 is 10.9 Å². The minimum absolute atomic E-state index is 0.105. The van der Waals surface area contributed by atoms with E-state index in [4.69, 9.17) is 0 Å². The molecule has 2 heterocycles. The van der Waals surface area contributed by atoms with Gasteiger partial charge in [0.05, 0.1) is 22.6 Å². The third kappa shape index (κ3) is 4.06. The fraction of sp³-hybridized carbons (Fsp3) is 0.0500. The van der Waals surface area contributed by atoms with E-state index in [9.17, 15) is 18.4 Å². The van der Waals surface area contributed by atoms with Crippen molar-refractivity contribution in [2.75, 3.05) is 11.1 Å². The number of anilines is 1. The molecular weight excluding hydrogens is 416 g/mol. The number of hydrogen-bond acceptors (Lipinski definition) is 5. The number of fused-ring (bicyclic) bond motifs is 1. The molecule has 146 valence electrons. The van der Waals surface area contributed by atoms with Gasteiger partial charge < -0.3 is 5.32 Å². The summed E-state index contributed by atoms with van der Waals surface area (Å²) in [6.45, 7) is 0. The van der Waals surface area contributed by atoms with Crippen molar-refractivity contribution < 1.29 is 13.6 Å². The first-order valence-electron chi connectivity index (χ1n) is 8.46. The Hall–Kier alpha value is -3.04. The first kappa shape index (κ1) is 19.3. The lowest BCUT2D eigenvalue weighted by atomic mass is 10.3. The predicted molar refractivity (Wildman–Crippen MR) is 111 cm³/mol. The van der Waals surface area contributed by atoms with Crippen molar-refractivity contribution in [3.63, 3.8) is 0 Å². The molecule has 0 aliphatic heterocycles. The summed E-state index contributed by atoms with van der Waals surface area (Å²) in [5, 5.41) is 4.53. The molecule has 0 saturated carbocycles. The number of para-hydroxylation sites is 1. The molecule has 0 spiro atoms. The highest BCUT2D eigenvalue weighted by Gasteiger charge is 2.16. The number of hydrogen-bond donors (Lipinski definition) is 1. The molecular formula is C20H13F2N3O2S2. The molecule has 1 N–H and O–H groups in total. The average molecular weight is 429 g/mol. The molecule has 0 aliphatic carbocycles. The molecule has 0 saturated heterocycles. The van der Waals surface area contributed by atoms with E-state index in [1.165, 1.54) is 15.9 Å². The summed E-state index contributed by atoms with van der Waals surface area (Å²) >= 11 is 2.36. The predicted octanol–water partition coefficient (Wildman–Crippen LogP) is 4.46. The number of amides is 1. The third-order valence-corrected chi connectivity index (χ3v) is 5.83. The van der Waals surface area contributed by atoms with E-state index < -0.39 is 17.5 Å². The molecule has 0 atom stereocenters. The van der Waals surface area contributed by atoms with Crippen molar-refractivity contribution in [3.05, 3.63) is 82.0 Å². The van der Waals surface area contributed by atoms with Gasteiger partial charge in [0.15, 0.2) is 5.16 Å². The lowest BCUT2D eigenvalue weighted by Gasteiger charge is -2.12. The highest BCUT2D eigenvalue weighted by atomic mass is 32.2. The summed E-state index contributed by atoms with van der Waals surface area (Å²) < 4.78 is 28.7. The second kappa shape index (κ2) is 8.14. The smallest absolute Gasteiger partial charge is 0.276 e. The number of thioether (sulfide) groups is 1. The van der Waals surface area contributed by atoms with Crippen LogP contribution >= 0.6 is 23.1 Å². The average Bonchev–Trinajstić information content (AvgIpc) is 3.18. The lowest BCUT2D eigenvalue weighted by molar-refractivity contribution is -0.113. The third-order valence-electron chi connectivity index (χ3n) is 4.00. The molecule has 0 unspecified atom stereocenters. The Balaban J connectivity index is 1.62. The van der Waals surface area contributed by atoms with Crippen molar-refractivity contribution in [1.82, 2.24) is 9.55 Å². The zero-order valence-electron chi connectivity index (χ0n) is 14.8. The minimum atomic E-state index is -0.859. The molecule has 9 heteroatoms. The highest BCUT2D eigenvalue weighted by Crippen LogP contribution is 2.24. The Kier molecular flexibility index (Phi) is 5.41. The van der Waals surface area contributed by atoms with Crippen LogP contribution in [-0.4, -0.2) is 21.2 Å². The molecule has 5 nitrogen and oxygen atoms in total. The van der Waals surface area contributed by atoms with Crippen LogP contribution in [0.2, 0.25) is 0 Å². The van der Waals surface area contributed by atoms with Crippen LogP contribution in [0.1, 0.15) is 0 Å². The van der Waals surface area contributed by atoms with Crippen LogP contribution in [0.5, 0.6) is 0 Å². The zero-order valence-corrected chi connectivity index (χ0v) is 16.4. The lowest BCUT2D eigenvalue weighted by Crippen LogP contribution is -2.22. The SMILES string of the molecule is O=C(CSc1nc2ccsc2c(=O)n1-c1ccccc1)Nc1ccc(F)cc1F. The topological polar surface area (TPSA) is 64.0 Å².